The van der Waals surface area contributed by atoms with Gasteiger partial charge in [0.2, 0.25) is 0 Å². The summed E-state index contributed by atoms with van der Waals surface area (Å²) in [6.45, 7) is 0. The SMILES string of the molecule is FC(F)(F)c1cc2c(cc1I)sc1c(C(F)(F)F)c(Cl)ccc12. The number of thiophene rings is 1. The third kappa shape index (κ3) is 2.89. The van der Waals surface area contributed by atoms with Crippen molar-refractivity contribution in [2.45, 2.75) is 12.4 Å². The van der Waals surface area contributed by atoms with Gasteiger partial charge in [0.15, 0.2) is 0 Å². The van der Waals surface area contributed by atoms with Crippen LogP contribution in [0.15, 0.2) is 24.3 Å². The first kappa shape index (κ1) is 17.1. The Morgan fingerprint density at radius 3 is 2.13 bits per heavy atom. The second kappa shape index (κ2) is 5.38. The highest BCUT2D eigenvalue weighted by Gasteiger charge is 2.37. The zero-order chi connectivity index (χ0) is 17.2. The minimum atomic E-state index is -4.68. The molecule has 3 rings (SSSR count). The first-order chi connectivity index (χ1) is 10.5. The van der Waals surface area contributed by atoms with Gasteiger partial charge in [0.1, 0.15) is 0 Å². The van der Waals surface area contributed by atoms with Crippen LogP contribution < -0.4 is 0 Å². The number of alkyl halides is 6. The number of halogens is 8. The monoisotopic (exact) mass is 480 g/mol. The van der Waals surface area contributed by atoms with Gasteiger partial charge in [0.05, 0.1) is 16.1 Å². The van der Waals surface area contributed by atoms with Gasteiger partial charge in [-0.25, -0.2) is 0 Å². The molecule has 0 nitrogen and oxygen atoms in total. The maximum absolute atomic E-state index is 13.2. The van der Waals surface area contributed by atoms with Crippen molar-refractivity contribution in [3.05, 3.63) is 44.0 Å². The maximum Gasteiger partial charge on any atom is 0.419 e. The zero-order valence-corrected chi connectivity index (χ0v) is 14.5. The van der Waals surface area contributed by atoms with E-state index in [1.807, 2.05) is 0 Å². The first-order valence-corrected chi connectivity index (χ1v) is 8.26. The van der Waals surface area contributed by atoms with Gasteiger partial charge in [0, 0.05) is 23.7 Å². The van der Waals surface area contributed by atoms with Crippen molar-refractivity contribution < 1.29 is 26.3 Å². The molecule has 0 N–H and O–H groups in total. The van der Waals surface area contributed by atoms with E-state index in [0.29, 0.717) is 4.70 Å². The van der Waals surface area contributed by atoms with Gasteiger partial charge in [-0.3, -0.25) is 0 Å². The number of rotatable bonds is 0. The van der Waals surface area contributed by atoms with Crippen LogP contribution in [0.1, 0.15) is 11.1 Å². The lowest BCUT2D eigenvalue weighted by molar-refractivity contribution is -0.138. The Morgan fingerprint density at radius 2 is 1.57 bits per heavy atom. The van der Waals surface area contributed by atoms with E-state index in [-0.39, 0.29) is 19.0 Å². The summed E-state index contributed by atoms with van der Waals surface area (Å²) >= 11 is 7.97. The van der Waals surface area contributed by atoms with Crippen LogP contribution in [0.2, 0.25) is 5.02 Å². The molecule has 0 aliphatic carbocycles. The van der Waals surface area contributed by atoms with Crippen molar-refractivity contribution in [1.29, 1.82) is 0 Å². The fourth-order valence-electron chi connectivity index (χ4n) is 2.32. The van der Waals surface area contributed by atoms with Gasteiger partial charge in [-0.2, -0.15) is 26.3 Å². The first-order valence-electron chi connectivity index (χ1n) is 5.99. The van der Waals surface area contributed by atoms with E-state index in [0.717, 1.165) is 23.5 Å². The van der Waals surface area contributed by atoms with Gasteiger partial charge in [-0.05, 0) is 40.8 Å². The van der Waals surface area contributed by atoms with Crippen LogP contribution >= 0.6 is 45.5 Å². The number of fused-ring (bicyclic) bond motifs is 3. The molecule has 9 heteroatoms. The van der Waals surface area contributed by atoms with Crippen LogP contribution in [0.4, 0.5) is 26.3 Å². The smallest absolute Gasteiger partial charge is 0.166 e. The van der Waals surface area contributed by atoms with Crippen LogP contribution in [-0.2, 0) is 12.4 Å². The van der Waals surface area contributed by atoms with E-state index < -0.39 is 28.5 Å². The summed E-state index contributed by atoms with van der Waals surface area (Å²) in [6, 6.07) is 4.52. The summed E-state index contributed by atoms with van der Waals surface area (Å²) < 4.78 is 78.8. The van der Waals surface area contributed by atoms with Gasteiger partial charge in [-0.15, -0.1) is 11.3 Å². The molecule has 122 valence electrons. The quantitative estimate of drug-likeness (QED) is 0.233. The predicted octanol–water partition coefficient (Wildman–Crippen LogP) is 7.35. The molecule has 3 aromatic rings. The Morgan fingerprint density at radius 1 is 0.913 bits per heavy atom. The Kier molecular flexibility index (Phi) is 4.00. The fraction of sp³-hybridized carbons (Fsp3) is 0.143. The molecular formula is C14H4ClF6IS. The third-order valence-corrected chi connectivity index (χ3v) is 5.66. The highest BCUT2D eigenvalue weighted by atomic mass is 127. The molecule has 2 aromatic carbocycles. The maximum atomic E-state index is 13.2. The molecule has 0 saturated heterocycles. The Labute approximate surface area is 148 Å². The van der Waals surface area contributed by atoms with Crippen molar-refractivity contribution in [1.82, 2.24) is 0 Å². The summed E-state index contributed by atoms with van der Waals surface area (Å²) in [5, 5.41) is -0.217. The average Bonchev–Trinajstić information content (AvgIpc) is 2.71. The predicted molar refractivity (Wildman–Crippen MR) is 87.1 cm³/mol. The van der Waals surface area contributed by atoms with E-state index in [2.05, 4.69) is 0 Å². The van der Waals surface area contributed by atoms with Gasteiger partial charge < -0.3 is 0 Å². The molecule has 23 heavy (non-hydrogen) atoms. The largest absolute Gasteiger partial charge is 0.419 e. The Hall–Kier alpha value is -0.740. The van der Waals surface area contributed by atoms with E-state index in [9.17, 15) is 26.3 Å². The topological polar surface area (TPSA) is 0 Å². The fourth-order valence-corrected chi connectivity index (χ4v) is 4.91. The number of hydrogen-bond donors (Lipinski definition) is 0. The van der Waals surface area contributed by atoms with Crippen molar-refractivity contribution in [2.24, 2.45) is 0 Å². The highest BCUT2D eigenvalue weighted by molar-refractivity contribution is 14.1. The molecule has 1 heterocycles. The lowest BCUT2D eigenvalue weighted by Crippen LogP contribution is -2.07. The van der Waals surface area contributed by atoms with Crippen molar-refractivity contribution in [2.75, 3.05) is 0 Å². The van der Waals surface area contributed by atoms with Crippen LogP contribution in [-0.4, -0.2) is 0 Å². The lowest BCUT2D eigenvalue weighted by Gasteiger charge is -2.10. The Balaban J connectivity index is 2.45. The average molecular weight is 481 g/mol. The normalized spacial score (nSPS) is 13.2. The minimum Gasteiger partial charge on any atom is -0.166 e. The summed E-state index contributed by atoms with van der Waals surface area (Å²) in [4.78, 5) is 0. The molecule has 0 amide bonds. The number of benzene rings is 2. The molecule has 0 bridgehead atoms. The van der Waals surface area contributed by atoms with E-state index in [1.165, 1.54) is 34.7 Å². The summed E-state index contributed by atoms with van der Waals surface area (Å²) in [6.07, 6.45) is -9.25. The zero-order valence-electron chi connectivity index (χ0n) is 10.7. The minimum absolute atomic E-state index is 0.0613. The molecule has 0 atom stereocenters. The molecule has 0 spiro atoms. The standard InChI is InChI=1S/C14H4ClF6IS/c15-8-2-1-5-6-3-7(13(16,17)18)9(22)4-10(6)23-12(5)11(8)14(19,20)21/h1-4H. The second-order valence-electron chi connectivity index (χ2n) is 4.72. The molecule has 0 fully saturated rings. The van der Waals surface area contributed by atoms with Crippen LogP contribution in [0.5, 0.6) is 0 Å². The van der Waals surface area contributed by atoms with E-state index in [1.54, 1.807) is 0 Å². The second-order valence-corrected chi connectivity index (χ2v) is 7.35. The summed E-state index contributed by atoms with van der Waals surface area (Å²) in [5.74, 6) is 0. The van der Waals surface area contributed by atoms with Crippen molar-refractivity contribution in [3.8, 4) is 0 Å². The van der Waals surface area contributed by atoms with Crippen LogP contribution in [0.3, 0.4) is 0 Å². The van der Waals surface area contributed by atoms with E-state index >= 15 is 0 Å². The van der Waals surface area contributed by atoms with Gasteiger partial charge in [-0.1, -0.05) is 17.7 Å². The van der Waals surface area contributed by atoms with E-state index in [4.69, 9.17) is 11.6 Å². The van der Waals surface area contributed by atoms with Crippen molar-refractivity contribution in [3.63, 3.8) is 0 Å². The molecule has 0 unspecified atom stereocenters. The molecular weight excluding hydrogens is 477 g/mol. The van der Waals surface area contributed by atoms with Crippen LogP contribution in [0.25, 0.3) is 20.2 Å². The Bertz CT molecular complexity index is 925. The highest BCUT2D eigenvalue weighted by Crippen LogP contribution is 2.47. The molecule has 1 aromatic heterocycles. The van der Waals surface area contributed by atoms with Gasteiger partial charge >= 0.3 is 12.4 Å². The molecule has 0 radical (unpaired) electrons. The van der Waals surface area contributed by atoms with Crippen LogP contribution in [0, 0.1) is 3.57 Å². The number of hydrogen-bond acceptors (Lipinski definition) is 1. The lowest BCUT2D eigenvalue weighted by atomic mass is 10.1. The molecule has 0 aliphatic rings. The van der Waals surface area contributed by atoms with Crippen molar-refractivity contribution >= 4 is 65.7 Å². The van der Waals surface area contributed by atoms with Gasteiger partial charge in [0.25, 0.3) is 0 Å². The third-order valence-electron chi connectivity index (χ3n) is 3.27. The summed E-state index contributed by atoms with van der Waals surface area (Å²) in [5.41, 5.74) is -1.88. The summed E-state index contributed by atoms with van der Waals surface area (Å²) in [7, 11) is 0. The molecule has 0 saturated carbocycles. The molecule has 0 aliphatic heterocycles.